The number of benzene rings is 2. The molecule has 119 heavy (non-hydrogen) atoms. The minimum atomic E-state index is 0.536. The first kappa shape index (κ1) is 89.7. The fourth-order valence-corrected chi connectivity index (χ4v) is 7.25. The summed E-state index contributed by atoms with van der Waals surface area (Å²) in [6, 6.07) is 10.7. The molecule has 2 aromatic carbocycles. The molecule has 1 aliphatic heterocycles. The van der Waals surface area contributed by atoms with Crippen molar-refractivity contribution in [1.82, 2.24) is 29.2 Å². The highest BCUT2D eigenvalue weighted by Crippen LogP contribution is 2.40. The molecule has 6 rings (SSSR count). The molecule has 0 fully saturated rings. The summed E-state index contributed by atoms with van der Waals surface area (Å²) in [5.41, 5.74) is 30.5. The lowest BCUT2D eigenvalue weighted by Crippen LogP contribution is -2.29. The summed E-state index contributed by atoms with van der Waals surface area (Å²) < 4.78 is 4.23. The average molecular weight is 1640 g/mol. The summed E-state index contributed by atoms with van der Waals surface area (Å²) in [5.74, 6) is 0.536. The van der Waals surface area contributed by atoms with Crippen molar-refractivity contribution in [2.24, 2.45) is 404 Å². The molecular formula is C32H41N87. The van der Waals surface area contributed by atoms with Gasteiger partial charge in [-0.2, -0.15) is 16.2 Å². The number of nitrogens with one attached hydrogen (secondary N) is 3. The van der Waals surface area contributed by atoms with Crippen LogP contribution in [0.2, 0.25) is 0 Å². The molecule has 5 aromatic rings. The van der Waals surface area contributed by atoms with Crippen molar-refractivity contribution >= 4 is 33.9 Å². The Bertz CT molecular complexity index is 4990. The lowest BCUT2D eigenvalue weighted by atomic mass is 9.98. The third kappa shape index (κ3) is 40.7. The molecule has 87 heteroatoms. The van der Waals surface area contributed by atoms with E-state index in [4.69, 9.17) is 26.8 Å². The van der Waals surface area contributed by atoms with Gasteiger partial charge in [0.15, 0.2) is 0 Å². The van der Waals surface area contributed by atoms with E-state index < -0.39 is 0 Å². The number of para-hydroxylation sites is 1. The molecule has 1 aliphatic rings. The molecule has 3 aromatic heterocycles. The van der Waals surface area contributed by atoms with E-state index >= 15 is 0 Å². The van der Waals surface area contributed by atoms with Gasteiger partial charge in [0.2, 0.25) is 5.95 Å². The average Bonchev–Trinajstić information content (AvgIpc) is 1.60. The maximum absolute atomic E-state index is 6.54. The van der Waals surface area contributed by atoms with Gasteiger partial charge in [0.25, 0.3) is 0 Å². The third-order valence-corrected chi connectivity index (χ3v) is 11.1. The van der Waals surface area contributed by atoms with E-state index in [1.807, 2.05) is 37.1 Å². The molecule has 0 radical (unpaired) electrons. The first-order chi connectivity index (χ1) is 58.6. The topological polar surface area (TPSA) is 1080 Å². The van der Waals surface area contributed by atoms with Crippen LogP contribution in [0.5, 0.6) is 0 Å². The highest BCUT2D eigenvalue weighted by atomic mass is 15.8. The zero-order valence-corrected chi connectivity index (χ0v) is 59.9. The number of hydrogen-bond acceptors (Lipinski definition) is 9. The fraction of sp³-hybridized carbons (Fsp3) is 0.344. The second kappa shape index (κ2) is 60.0. The van der Waals surface area contributed by atoms with E-state index in [1.54, 1.807) is 0 Å². The van der Waals surface area contributed by atoms with Crippen LogP contribution in [0.4, 0.5) is 23.0 Å². The van der Waals surface area contributed by atoms with Gasteiger partial charge in [0, 0.05) is 393 Å². The SMILES string of the molecule is Cc1cc(N(C)CCN(C)C)c(N)cc1Nc1ncc(-c2cn(C)nc2C)c(-c2cn3c4c(cccc24)CCC3)n1.N=N/N=N/N=N/N=N/N=N/N=N/N=N/N=N/N=N/N=N/N=N/N=N/N=N/N=N/N=N/N=N/N=N/N=N/N=N/N=N/N=N/N=N/N=N/N=N/N=N/N=N/N=N/N=N/N=N/N=N/N=N/N=N/N=N/N=N/N=N/N=N/N=N/N=N/N=N. The Labute approximate surface area is 648 Å². The maximum Gasteiger partial charge on any atom is 0.227 e. The minimum Gasteiger partial charge on any atom is -0.397 e. The van der Waals surface area contributed by atoms with Gasteiger partial charge in [0.05, 0.1) is 28.3 Å². The Morgan fingerprint density at radius 2 is 0.706 bits per heavy atom. The number of nitrogens with zero attached hydrogens (tertiary/aromatic N) is 83. The summed E-state index contributed by atoms with van der Waals surface area (Å²) in [6.07, 6.45) is 8.47. The molecule has 0 atom stereocenters. The van der Waals surface area contributed by atoms with E-state index in [9.17, 15) is 0 Å². The van der Waals surface area contributed by atoms with E-state index in [2.05, 4.69) is 480 Å². The molecule has 4 heterocycles. The number of nitrogen functional groups attached to an aromatic ring is 1. The molecule has 0 unspecified atom stereocenters. The molecule has 0 aliphatic carbocycles. The number of hydrogen-bond donors (Lipinski definition) is 4. The van der Waals surface area contributed by atoms with Gasteiger partial charge in [0.1, 0.15) is 0 Å². The zero-order valence-electron chi connectivity index (χ0n) is 59.9. The molecule has 87 nitrogen and oxygen atoms in total. The normalized spacial score (nSPS) is 14.5. The highest BCUT2D eigenvalue weighted by molar-refractivity contribution is 6.00. The number of likely N-dealkylation sites (N-methyl/N-ethyl adjacent to an activating group) is 2. The van der Waals surface area contributed by atoms with Gasteiger partial charge < -0.3 is 25.4 Å². The Kier molecular flexibility index (Phi) is 45.2. The van der Waals surface area contributed by atoms with Crippen LogP contribution < -0.4 is 16.0 Å². The van der Waals surface area contributed by atoms with Gasteiger partial charge in [-0.05, 0) is 148 Å². The molecule has 0 saturated carbocycles. The van der Waals surface area contributed by atoms with Crippen molar-refractivity contribution in [3.8, 4) is 22.4 Å². The predicted octanol–water partition coefficient (Wildman–Crippen LogP) is 19.9. The predicted molar refractivity (Wildman–Crippen MR) is 359 cm³/mol. The van der Waals surface area contributed by atoms with Gasteiger partial charge in [-0.3, -0.25) is 4.68 Å². The second-order valence-electron chi connectivity index (χ2n) is 18.3. The van der Waals surface area contributed by atoms with Crippen LogP contribution in [0.25, 0.3) is 33.3 Å². The summed E-state index contributed by atoms with van der Waals surface area (Å²) >= 11 is 0. The number of rotatable bonds is 46. The molecular weight excluding hydrogens is 1600 g/mol. The summed E-state index contributed by atoms with van der Waals surface area (Å²) in [5, 5.41) is 235. The first-order valence-electron chi connectivity index (χ1n) is 29.7. The van der Waals surface area contributed by atoms with Gasteiger partial charge >= 0.3 is 0 Å². The Morgan fingerprint density at radius 1 is 0.395 bits per heavy atom. The minimum absolute atomic E-state index is 0.536. The van der Waals surface area contributed by atoms with Crippen molar-refractivity contribution in [2.45, 2.75) is 33.2 Å². The van der Waals surface area contributed by atoms with E-state index in [0.29, 0.717) is 5.95 Å². The zero-order chi connectivity index (χ0) is 84.6. The number of aromatic nitrogens is 5. The van der Waals surface area contributed by atoms with Crippen LogP contribution in [-0.2, 0) is 20.0 Å². The first-order valence-corrected chi connectivity index (χ1v) is 29.7. The van der Waals surface area contributed by atoms with Crippen LogP contribution in [0.1, 0.15) is 23.2 Å². The number of anilines is 4. The van der Waals surface area contributed by atoms with Crippen molar-refractivity contribution in [3.05, 3.63) is 65.7 Å². The van der Waals surface area contributed by atoms with Crippen molar-refractivity contribution in [3.63, 3.8) is 0 Å². The van der Waals surface area contributed by atoms with Crippen LogP contribution >= 0.6 is 0 Å². The van der Waals surface area contributed by atoms with Gasteiger partial charge in [-0.25, -0.2) is 9.97 Å². The van der Waals surface area contributed by atoms with Crippen molar-refractivity contribution < 1.29 is 0 Å². The molecule has 5 N–H and O–H groups in total. The van der Waals surface area contributed by atoms with Crippen molar-refractivity contribution in [2.75, 3.05) is 50.2 Å². The molecule has 0 amide bonds. The summed E-state index contributed by atoms with van der Waals surface area (Å²) in [6.45, 7) is 6.97. The quantitative estimate of drug-likeness (QED) is 0.0165. The van der Waals surface area contributed by atoms with E-state index in [1.165, 1.54) is 16.5 Å². The number of aryl methyl sites for hydroxylation is 5. The van der Waals surface area contributed by atoms with Gasteiger partial charge in [-0.15, -0.1) is 0 Å². The van der Waals surface area contributed by atoms with Crippen LogP contribution in [0, 0.1) is 24.9 Å². The molecule has 0 spiro atoms. The third-order valence-electron chi connectivity index (χ3n) is 11.1. The molecule has 0 saturated heterocycles. The molecule has 604 valence electrons. The van der Waals surface area contributed by atoms with Crippen LogP contribution in [0.3, 0.4) is 0 Å². The highest BCUT2D eigenvalue weighted by Gasteiger charge is 2.23. The second-order valence-corrected chi connectivity index (χ2v) is 18.3. The van der Waals surface area contributed by atoms with Crippen LogP contribution in [-0.4, -0.2) is 63.4 Å². The summed E-state index contributed by atoms with van der Waals surface area (Å²) in [7, 11) is 8.18. The molecule has 0 bridgehead atoms. The van der Waals surface area contributed by atoms with E-state index in [0.717, 1.165) is 83.2 Å². The Hall–Kier alpha value is -20.0. The fourth-order valence-electron chi connectivity index (χ4n) is 7.25. The lowest BCUT2D eigenvalue weighted by Gasteiger charge is -2.24. The Balaban J connectivity index is 0.000000506. The summed E-state index contributed by atoms with van der Waals surface area (Å²) in [4.78, 5) is 14.3. The number of nitrogens with two attached hydrogens (primary N) is 1. The largest absolute Gasteiger partial charge is 0.397 e. The monoisotopic (exact) mass is 1640 g/mol. The maximum atomic E-state index is 6.54. The standard InChI is InChI=1S/C32H39N9.H2N78/c1-20-15-29(39(5)14-13-38(3)4)27(33)16-28(20)35-32-34-17-24(25-18-40(6)37-21(25)2)30(36-32)26-19-41-12-8-10-22-9-7-11-23(26)31(22)41;1-3-5-7-9-11-13-15-17-19-21-23-25-27-29-31-33-35-37-39-41-43-45-47-49-51-53-55-57-59-61-63-65-67-69-71-73-75-77-78-76-74-72-70-68-66-64-62-60-58-56-54-52-50-48-46-44-42-40-38-36-34-32-30-28-26-24-22-20-18-16-14-12-10-8-6-4-2/h7,9,11,15-19H,8,10,12-14,33H2,1-6H3,(H,34,35,36);1-2H/b;3-1?,4-2?,7-5+,8-6+,11-9+,12-10+,15-13+,16-14+,19-17+,20-18+,23-21+,24-22+,27-25+,28-26+,31-29+,32-30+,35-33+,36-34+,39-37+,40-38+,43-41+,44-42+,47-45+,48-46+,51-49+,52-50+,55-53+,56-54+,59-57+,60-58+,63-61+,64-62+,67-65+,68-66+,71-69+,72-70+,75-73+,76-74+,78-77+. The van der Waals surface area contributed by atoms with Crippen molar-refractivity contribution in [1.29, 1.82) is 11.1 Å². The smallest absolute Gasteiger partial charge is 0.227 e. The Morgan fingerprint density at radius 3 is 0.992 bits per heavy atom. The van der Waals surface area contributed by atoms with Gasteiger partial charge in [-0.1, -0.05) is 18.2 Å². The lowest BCUT2D eigenvalue weighted by molar-refractivity contribution is 0.416. The van der Waals surface area contributed by atoms with Crippen LogP contribution in [0.15, 0.2) is 446 Å². The van der Waals surface area contributed by atoms with E-state index in [-0.39, 0.29) is 0 Å².